The molecule has 1 atom stereocenters. The van der Waals surface area contributed by atoms with Gasteiger partial charge < -0.3 is 15.3 Å². The maximum atomic E-state index is 12.2. The number of rotatable bonds is 5. The Kier molecular flexibility index (Phi) is 6.89. The lowest BCUT2D eigenvalue weighted by Crippen LogP contribution is -2.48. The van der Waals surface area contributed by atoms with E-state index in [4.69, 9.17) is 5.11 Å². The fourth-order valence-corrected chi connectivity index (χ4v) is 2.20. The molecular weight excluding hydrogens is 216 g/mol. The van der Waals surface area contributed by atoms with Crippen molar-refractivity contribution in [1.82, 2.24) is 10.2 Å². The predicted octanol–water partition coefficient (Wildman–Crippen LogP) is 0.916. The summed E-state index contributed by atoms with van der Waals surface area (Å²) in [4.78, 5) is 13.9. The van der Waals surface area contributed by atoms with Crippen molar-refractivity contribution in [1.29, 1.82) is 0 Å². The lowest BCUT2D eigenvalue weighted by atomic mass is 10.0. The SMILES string of the molecule is C=CCN(CCO)C(=O)C1CCCCCCN1. The van der Waals surface area contributed by atoms with Crippen LogP contribution in [0.4, 0.5) is 0 Å². The molecule has 17 heavy (non-hydrogen) atoms. The quantitative estimate of drug-likeness (QED) is 0.703. The number of carbonyl (C=O) groups is 1. The molecule has 4 nitrogen and oxygen atoms in total. The van der Waals surface area contributed by atoms with E-state index in [1.807, 2.05) is 0 Å². The van der Waals surface area contributed by atoms with Crippen LogP contribution in [-0.4, -0.2) is 48.2 Å². The van der Waals surface area contributed by atoms with Crippen molar-refractivity contribution in [2.24, 2.45) is 0 Å². The van der Waals surface area contributed by atoms with Gasteiger partial charge in [-0.1, -0.05) is 25.3 Å². The largest absolute Gasteiger partial charge is 0.395 e. The van der Waals surface area contributed by atoms with E-state index in [9.17, 15) is 4.79 Å². The van der Waals surface area contributed by atoms with Gasteiger partial charge in [-0.3, -0.25) is 4.79 Å². The average Bonchev–Trinajstić information content (AvgIpc) is 2.27. The summed E-state index contributed by atoms with van der Waals surface area (Å²) in [6.45, 7) is 5.47. The molecule has 0 aromatic rings. The van der Waals surface area contributed by atoms with Crippen molar-refractivity contribution in [3.63, 3.8) is 0 Å². The molecule has 0 aromatic carbocycles. The Bertz CT molecular complexity index is 236. The predicted molar refractivity (Wildman–Crippen MR) is 68.7 cm³/mol. The van der Waals surface area contributed by atoms with Crippen LogP contribution in [0, 0.1) is 0 Å². The van der Waals surface area contributed by atoms with Crippen molar-refractivity contribution in [3.05, 3.63) is 12.7 Å². The number of hydrogen-bond acceptors (Lipinski definition) is 3. The lowest BCUT2D eigenvalue weighted by molar-refractivity contribution is -0.133. The molecule has 1 aliphatic heterocycles. The normalized spacial score (nSPS) is 21.4. The summed E-state index contributed by atoms with van der Waals surface area (Å²) in [5, 5.41) is 12.3. The molecular formula is C13H24N2O2. The Hall–Kier alpha value is -0.870. The molecule has 0 bridgehead atoms. The summed E-state index contributed by atoms with van der Waals surface area (Å²) in [5.41, 5.74) is 0. The fourth-order valence-electron chi connectivity index (χ4n) is 2.20. The Balaban J connectivity index is 2.53. The second kappa shape index (κ2) is 8.25. The highest BCUT2D eigenvalue weighted by atomic mass is 16.3. The summed E-state index contributed by atoms with van der Waals surface area (Å²) < 4.78 is 0. The number of amides is 1. The van der Waals surface area contributed by atoms with E-state index in [0.717, 1.165) is 25.8 Å². The molecule has 1 unspecified atom stereocenters. The van der Waals surface area contributed by atoms with Crippen LogP contribution in [0.25, 0.3) is 0 Å². The summed E-state index contributed by atoms with van der Waals surface area (Å²) in [6, 6.07) is -0.0817. The van der Waals surface area contributed by atoms with Crippen molar-refractivity contribution in [2.45, 2.75) is 38.1 Å². The second-order valence-electron chi connectivity index (χ2n) is 4.51. The van der Waals surface area contributed by atoms with E-state index in [1.165, 1.54) is 12.8 Å². The van der Waals surface area contributed by atoms with Gasteiger partial charge in [0.25, 0.3) is 0 Å². The van der Waals surface area contributed by atoms with Gasteiger partial charge in [-0.25, -0.2) is 0 Å². The van der Waals surface area contributed by atoms with Crippen LogP contribution in [0.3, 0.4) is 0 Å². The Labute approximate surface area is 104 Å². The molecule has 98 valence electrons. The number of aliphatic hydroxyl groups excluding tert-OH is 1. The number of hydrogen-bond donors (Lipinski definition) is 2. The zero-order chi connectivity index (χ0) is 12.5. The molecule has 0 saturated carbocycles. The minimum absolute atomic E-state index is 0.00625. The standard InChI is InChI=1S/C13H24N2O2/c1-2-9-15(10-11-16)13(17)12-7-5-3-4-6-8-14-12/h2,12,14,16H,1,3-11H2. The number of aliphatic hydroxyl groups is 1. The van der Waals surface area contributed by atoms with Gasteiger partial charge in [0.15, 0.2) is 0 Å². The van der Waals surface area contributed by atoms with E-state index in [1.54, 1.807) is 11.0 Å². The smallest absolute Gasteiger partial charge is 0.240 e. The summed E-state index contributed by atoms with van der Waals surface area (Å²) in [7, 11) is 0. The third-order valence-corrected chi connectivity index (χ3v) is 3.14. The highest BCUT2D eigenvalue weighted by Gasteiger charge is 2.23. The third-order valence-electron chi connectivity index (χ3n) is 3.14. The van der Waals surface area contributed by atoms with E-state index in [-0.39, 0.29) is 18.6 Å². The highest BCUT2D eigenvalue weighted by Crippen LogP contribution is 2.11. The van der Waals surface area contributed by atoms with E-state index < -0.39 is 0 Å². The molecule has 1 rings (SSSR count). The molecule has 1 amide bonds. The lowest BCUT2D eigenvalue weighted by Gasteiger charge is -2.27. The van der Waals surface area contributed by atoms with Crippen LogP contribution in [0.5, 0.6) is 0 Å². The van der Waals surface area contributed by atoms with Gasteiger partial charge in [-0.15, -0.1) is 6.58 Å². The van der Waals surface area contributed by atoms with E-state index in [0.29, 0.717) is 13.1 Å². The summed E-state index contributed by atoms with van der Waals surface area (Å²) in [5.74, 6) is 0.0980. The molecule has 0 spiro atoms. The molecule has 2 N–H and O–H groups in total. The molecule has 4 heteroatoms. The van der Waals surface area contributed by atoms with Gasteiger partial charge in [0.1, 0.15) is 0 Å². The highest BCUT2D eigenvalue weighted by molar-refractivity contribution is 5.82. The first-order valence-electron chi connectivity index (χ1n) is 6.53. The van der Waals surface area contributed by atoms with Gasteiger partial charge >= 0.3 is 0 Å². The summed E-state index contributed by atoms with van der Waals surface area (Å²) >= 11 is 0. The number of nitrogens with one attached hydrogen (secondary N) is 1. The molecule has 1 aliphatic rings. The number of nitrogens with zero attached hydrogens (tertiary/aromatic N) is 1. The van der Waals surface area contributed by atoms with Gasteiger partial charge in [-0.2, -0.15) is 0 Å². The van der Waals surface area contributed by atoms with Crippen LogP contribution in [0.2, 0.25) is 0 Å². The van der Waals surface area contributed by atoms with E-state index in [2.05, 4.69) is 11.9 Å². The Morgan fingerprint density at radius 3 is 2.88 bits per heavy atom. The van der Waals surface area contributed by atoms with Crippen LogP contribution in [0.15, 0.2) is 12.7 Å². The number of carbonyl (C=O) groups excluding carboxylic acids is 1. The first-order chi connectivity index (χ1) is 8.29. The average molecular weight is 240 g/mol. The van der Waals surface area contributed by atoms with Crippen molar-refractivity contribution < 1.29 is 9.90 Å². The van der Waals surface area contributed by atoms with Gasteiger partial charge in [-0.05, 0) is 19.4 Å². The van der Waals surface area contributed by atoms with Crippen LogP contribution >= 0.6 is 0 Å². The maximum absolute atomic E-state index is 12.2. The van der Waals surface area contributed by atoms with Crippen molar-refractivity contribution >= 4 is 5.91 Å². The summed E-state index contributed by atoms with van der Waals surface area (Å²) in [6.07, 6.45) is 7.32. The van der Waals surface area contributed by atoms with Crippen molar-refractivity contribution in [2.75, 3.05) is 26.2 Å². The monoisotopic (exact) mass is 240 g/mol. The minimum atomic E-state index is -0.0817. The van der Waals surface area contributed by atoms with Gasteiger partial charge in [0.05, 0.1) is 12.6 Å². The third kappa shape index (κ3) is 4.88. The first kappa shape index (κ1) is 14.2. The molecule has 0 aromatic heterocycles. The topological polar surface area (TPSA) is 52.6 Å². The van der Waals surface area contributed by atoms with Gasteiger partial charge in [0.2, 0.25) is 5.91 Å². The second-order valence-corrected chi connectivity index (χ2v) is 4.51. The fraction of sp³-hybridized carbons (Fsp3) is 0.769. The molecule has 0 radical (unpaired) electrons. The Morgan fingerprint density at radius 2 is 2.18 bits per heavy atom. The molecule has 1 fully saturated rings. The molecule has 1 saturated heterocycles. The molecule has 0 aliphatic carbocycles. The maximum Gasteiger partial charge on any atom is 0.240 e. The van der Waals surface area contributed by atoms with Crippen molar-refractivity contribution in [3.8, 4) is 0 Å². The zero-order valence-corrected chi connectivity index (χ0v) is 10.5. The van der Waals surface area contributed by atoms with Crippen LogP contribution in [0.1, 0.15) is 32.1 Å². The van der Waals surface area contributed by atoms with Crippen LogP contribution in [-0.2, 0) is 4.79 Å². The van der Waals surface area contributed by atoms with Gasteiger partial charge in [0, 0.05) is 13.1 Å². The molecule has 1 heterocycles. The zero-order valence-electron chi connectivity index (χ0n) is 10.5. The van der Waals surface area contributed by atoms with Crippen LogP contribution < -0.4 is 5.32 Å². The first-order valence-corrected chi connectivity index (χ1v) is 6.53. The minimum Gasteiger partial charge on any atom is -0.395 e. The Morgan fingerprint density at radius 1 is 1.41 bits per heavy atom. The van der Waals surface area contributed by atoms with E-state index >= 15 is 0 Å².